The molecule has 0 saturated heterocycles. The number of carbonyl (C=O) groups excluding carboxylic acids is 2. The quantitative estimate of drug-likeness (QED) is 0.812. The number of carbonyl (C=O) groups is 2. The van der Waals surface area contributed by atoms with Crippen molar-refractivity contribution in [2.24, 2.45) is 5.92 Å². The lowest BCUT2D eigenvalue weighted by atomic mass is 10.0. The van der Waals surface area contributed by atoms with E-state index >= 15 is 0 Å². The molecule has 21 heavy (non-hydrogen) atoms. The molecule has 0 radical (unpaired) electrons. The van der Waals surface area contributed by atoms with Gasteiger partial charge in [0.05, 0.1) is 6.07 Å². The number of nitrogens with one attached hydrogen (secondary N) is 2. The highest BCUT2D eigenvalue weighted by molar-refractivity contribution is 5.86. The average molecular weight is 295 g/mol. The van der Waals surface area contributed by atoms with Gasteiger partial charge < -0.3 is 15.4 Å². The maximum atomic E-state index is 12.3. The van der Waals surface area contributed by atoms with Crippen LogP contribution < -0.4 is 10.6 Å². The lowest BCUT2D eigenvalue weighted by molar-refractivity contribution is -0.124. The minimum absolute atomic E-state index is 0.230. The smallest absolute Gasteiger partial charge is 0.408 e. The van der Waals surface area contributed by atoms with Crippen LogP contribution in [0, 0.1) is 17.2 Å². The Balaban J connectivity index is 2.65. The summed E-state index contributed by atoms with van der Waals surface area (Å²) in [6, 6.07) is 1.42. The first-order valence-corrected chi connectivity index (χ1v) is 7.30. The van der Waals surface area contributed by atoms with E-state index in [2.05, 4.69) is 16.7 Å². The standard InChI is InChI=1S/C15H25N3O3/c1-10(2)8-11(17-13(20)21-14(3,4)5)12(19)18-15(9-16)6-7-15/h10-11H,6-8H2,1-5H3,(H,17,20)(H,18,19)/t11-/m0/s1. The zero-order valence-corrected chi connectivity index (χ0v) is 13.4. The van der Waals surface area contributed by atoms with Crippen LogP contribution in [0.2, 0.25) is 0 Å². The number of ether oxygens (including phenoxy) is 1. The number of amides is 2. The van der Waals surface area contributed by atoms with E-state index in [0.717, 1.165) is 0 Å². The Morgan fingerprint density at radius 3 is 2.29 bits per heavy atom. The second kappa shape index (κ2) is 6.33. The van der Waals surface area contributed by atoms with Crippen LogP contribution >= 0.6 is 0 Å². The fourth-order valence-electron chi connectivity index (χ4n) is 1.87. The van der Waals surface area contributed by atoms with Crippen molar-refractivity contribution in [3.8, 4) is 6.07 Å². The SMILES string of the molecule is CC(C)C[C@H](NC(=O)OC(C)(C)C)C(=O)NC1(C#N)CC1. The number of hydrogen-bond donors (Lipinski definition) is 2. The summed E-state index contributed by atoms with van der Waals surface area (Å²) in [6.45, 7) is 9.22. The molecule has 1 atom stereocenters. The molecule has 0 aromatic carbocycles. The molecule has 0 unspecified atom stereocenters. The Labute approximate surface area is 126 Å². The lowest BCUT2D eigenvalue weighted by Gasteiger charge is -2.24. The second-order valence-electron chi connectivity index (χ2n) is 7.01. The first-order chi connectivity index (χ1) is 9.57. The second-order valence-corrected chi connectivity index (χ2v) is 7.01. The number of hydrogen-bond acceptors (Lipinski definition) is 4. The van der Waals surface area contributed by atoms with Crippen LogP contribution in [0.15, 0.2) is 0 Å². The maximum absolute atomic E-state index is 12.3. The largest absolute Gasteiger partial charge is 0.444 e. The van der Waals surface area contributed by atoms with Crippen LogP contribution in [-0.4, -0.2) is 29.2 Å². The molecular formula is C15H25N3O3. The van der Waals surface area contributed by atoms with Gasteiger partial charge in [-0.2, -0.15) is 5.26 Å². The van der Waals surface area contributed by atoms with Gasteiger partial charge in [-0.1, -0.05) is 13.8 Å². The summed E-state index contributed by atoms with van der Waals surface area (Å²) in [6.07, 6.45) is 1.20. The maximum Gasteiger partial charge on any atom is 0.408 e. The zero-order chi connectivity index (χ0) is 16.3. The van der Waals surface area contributed by atoms with Crippen LogP contribution in [0.1, 0.15) is 53.9 Å². The Morgan fingerprint density at radius 1 is 1.33 bits per heavy atom. The van der Waals surface area contributed by atoms with Gasteiger partial charge in [0.2, 0.25) is 5.91 Å². The first kappa shape index (κ1) is 17.3. The Hall–Kier alpha value is -1.77. The van der Waals surface area contributed by atoms with Crippen LogP contribution in [0.25, 0.3) is 0 Å². The molecule has 6 heteroatoms. The topological polar surface area (TPSA) is 91.2 Å². The summed E-state index contributed by atoms with van der Waals surface area (Å²) in [4.78, 5) is 24.1. The number of alkyl carbamates (subject to hydrolysis) is 1. The van der Waals surface area contributed by atoms with E-state index in [-0.39, 0.29) is 11.8 Å². The lowest BCUT2D eigenvalue weighted by Crippen LogP contribution is -2.51. The highest BCUT2D eigenvalue weighted by atomic mass is 16.6. The van der Waals surface area contributed by atoms with Crippen LogP contribution in [-0.2, 0) is 9.53 Å². The first-order valence-electron chi connectivity index (χ1n) is 7.30. The van der Waals surface area contributed by atoms with E-state index < -0.39 is 23.3 Å². The summed E-state index contributed by atoms with van der Waals surface area (Å²) < 4.78 is 5.18. The van der Waals surface area contributed by atoms with Gasteiger partial charge >= 0.3 is 6.09 Å². The Bertz CT molecular complexity index is 442. The van der Waals surface area contributed by atoms with E-state index in [1.54, 1.807) is 20.8 Å². The third-order valence-corrected chi connectivity index (χ3v) is 3.04. The molecular weight excluding hydrogens is 270 g/mol. The monoisotopic (exact) mass is 295 g/mol. The van der Waals surface area contributed by atoms with Crippen LogP contribution in [0.5, 0.6) is 0 Å². The van der Waals surface area contributed by atoms with Crippen molar-refractivity contribution in [3.63, 3.8) is 0 Å². The molecule has 1 rings (SSSR count). The summed E-state index contributed by atoms with van der Waals surface area (Å²) >= 11 is 0. The van der Waals surface area contributed by atoms with Crippen molar-refractivity contribution in [2.45, 2.75) is 71.1 Å². The van der Waals surface area contributed by atoms with E-state index in [1.807, 2.05) is 13.8 Å². The van der Waals surface area contributed by atoms with Gasteiger partial charge in [0.25, 0.3) is 0 Å². The van der Waals surface area contributed by atoms with Crippen molar-refractivity contribution in [3.05, 3.63) is 0 Å². The normalized spacial score (nSPS) is 17.6. The highest BCUT2D eigenvalue weighted by Gasteiger charge is 2.45. The van der Waals surface area contributed by atoms with Crippen molar-refractivity contribution in [1.29, 1.82) is 5.26 Å². The van der Waals surface area contributed by atoms with E-state index in [1.165, 1.54) is 0 Å². The van der Waals surface area contributed by atoms with Crippen molar-refractivity contribution >= 4 is 12.0 Å². The number of rotatable bonds is 5. The van der Waals surface area contributed by atoms with Gasteiger partial charge in [0.15, 0.2) is 0 Å². The number of nitrogens with zero attached hydrogens (tertiary/aromatic N) is 1. The molecule has 1 aliphatic rings. The molecule has 118 valence electrons. The molecule has 0 aromatic heterocycles. The molecule has 2 amide bonds. The van der Waals surface area contributed by atoms with Gasteiger partial charge in [0.1, 0.15) is 17.2 Å². The third-order valence-electron chi connectivity index (χ3n) is 3.04. The molecule has 0 aromatic rings. The fourth-order valence-corrected chi connectivity index (χ4v) is 1.87. The molecule has 6 nitrogen and oxygen atoms in total. The summed E-state index contributed by atoms with van der Waals surface area (Å²) in [7, 11) is 0. The van der Waals surface area contributed by atoms with E-state index in [9.17, 15) is 9.59 Å². The summed E-state index contributed by atoms with van der Waals surface area (Å²) in [5, 5.41) is 14.3. The Morgan fingerprint density at radius 2 is 1.90 bits per heavy atom. The molecule has 1 saturated carbocycles. The van der Waals surface area contributed by atoms with Gasteiger partial charge in [-0.3, -0.25) is 4.79 Å². The minimum atomic E-state index is -0.734. The molecule has 0 aliphatic heterocycles. The molecule has 0 bridgehead atoms. The van der Waals surface area contributed by atoms with E-state index in [4.69, 9.17) is 10.00 Å². The molecule has 0 spiro atoms. The van der Waals surface area contributed by atoms with Gasteiger partial charge in [-0.15, -0.1) is 0 Å². The van der Waals surface area contributed by atoms with Gasteiger partial charge in [-0.25, -0.2) is 4.79 Å². The minimum Gasteiger partial charge on any atom is -0.444 e. The van der Waals surface area contributed by atoms with Crippen LogP contribution in [0.3, 0.4) is 0 Å². The van der Waals surface area contributed by atoms with Crippen molar-refractivity contribution in [1.82, 2.24) is 10.6 Å². The predicted molar refractivity (Wildman–Crippen MR) is 78.3 cm³/mol. The molecule has 1 aliphatic carbocycles. The Kier molecular flexibility index (Phi) is 5.21. The van der Waals surface area contributed by atoms with Gasteiger partial charge in [-0.05, 0) is 46.0 Å². The average Bonchev–Trinajstić information content (AvgIpc) is 3.05. The zero-order valence-electron chi connectivity index (χ0n) is 13.4. The van der Waals surface area contributed by atoms with E-state index in [0.29, 0.717) is 19.3 Å². The van der Waals surface area contributed by atoms with Crippen molar-refractivity contribution in [2.75, 3.05) is 0 Å². The molecule has 0 heterocycles. The van der Waals surface area contributed by atoms with Crippen LogP contribution in [0.4, 0.5) is 4.79 Å². The van der Waals surface area contributed by atoms with Crippen molar-refractivity contribution < 1.29 is 14.3 Å². The third kappa shape index (κ3) is 6.03. The number of nitriles is 1. The van der Waals surface area contributed by atoms with Gasteiger partial charge in [0, 0.05) is 0 Å². The fraction of sp³-hybridized carbons (Fsp3) is 0.800. The predicted octanol–water partition coefficient (Wildman–Crippen LogP) is 2.10. The molecule has 2 N–H and O–H groups in total. The highest BCUT2D eigenvalue weighted by Crippen LogP contribution is 2.34. The summed E-state index contributed by atoms with van der Waals surface area (Å²) in [5.41, 5.74) is -1.35. The molecule has 1 fully saturated rings. The summed E-state index contributed by atoms with van der Waals surface area (Å²) in [5.74, 6) is -0.0958.